The van der Waals surface area contributed by atoms with Crippen LogP contribution in [-0.2, 0) is 0 Å². The fraction of sp³-hybridized carbons (Fsp3) is 0.136. The van der Waals surface area contributed by atoms with Crippen LogP contribution in [0, 0.1) is 6.92 Å². The van der Waals surface area contributed by atoms with E-state index in [1.807, 2.05) is 55.6 Å². The second kappa shape index (κ2) is 7.73. The Morgan fingerprint density at radius 2 is 1.86 bits per heavy atom. The van der Waals surface area contributed by atoms with Gasteiger partial charge >= 0.3 is 6.03 Å². The summed E-state index contributed by atoms with van der Waals surface area (Å²) in [6, 6.07) is 15.0. The van der Waals surface area contributed by atoms with Crippen LogP contribution < -0.4 is 10.6 Å². The molecule has 7 heteroatoms. The lowest BCUT2D eigenvalue weighted by molar-refractivity contribution is 0.249. The first kappa shape index (κ1) is 18.6. The van der Waals surface area contributed by atoms with Crippen LogP contribution in [0.15, 0.2) is 61.1 Å². The number of aromatic nitrogens is 3. The monoisotopic (exact) mass is 387 g/mol. The fourth-order valence-electron chi connectivity index (χ4n) is 3.48. The van der Waals surface area contributed by atoms with Gasteiger partial charge in [0.25, 0.3) is 0 Å². The number of nitrogens with zero attached hydrogens (tertiary/aromatic N) is 3. The first-order chi connectivity index (χ1) is 14.1. The summed E-state index contributed by atoms with van der Waals surface area (Å²) in [6.45, 7) is 2.02. The van der Waals surface area contributed by atoms with E-state index in [4.69, 9.17) is 5.73 Å². The van der Waals surface area contributed by atoms with Gasteiger partial charge in [-0.3, -0.25) is 4.90 Å². The molecule has 0 saturated carbocycles. The summed E-state index contributed by atoms with van der Waals surface area (Å²) in [7, 11) is 0. The summed E-state index contributed by atoms with van der Waals surface area (Å²) in [4.78, 5) is 24.9. The summed E-state index contributed by atoms with van der Waals surface area (Å²) in [5.41, 5.74) is 11.8. The molecule has 0 bridgehead atoms. The molecule has 29 heavy (non-hydrogen) atoms. The van der Waals surface area contributed by atoms with Crippen molar-refractivity contribution in [2.24, 2.45) is 5.73 Å². The molecule has 0 saturated heterocycles. The van der Waals surface area contributed by atoms with E-state index >= 15 is 0 Å². The quantitative estimate of drug-likeness (QED) is 0.487. The van der Waals surface area contributed by atoms with E-state index in [-0.39, 0.29) is 13.2 Å². The number of aryl methyl sites for hydroxylation is 1. The summed E-state index contributed by atoms with van der Waals surface area (Å²) >= 11 is 0. The van der Waals surface area contributed by atoms with Gasteiger partial charge in [0.15, 0.2) is 0 Å². The Morgan fingerprint density at radius 1 is 1.10 bits per heavy atom. The molecule has 0 atom stereocenters. The zero-order chi connectivity index (χ0) is 20.4. The van der Waals surface area contributed by atoms with E-state index in [2.05, 4.69) is 15.0 Å². The number of benzene rings is 2. The predicted molar refractivity (Wildman–Crippen MR) is 114 cm³/mol. The number of nitrogens with two attached hydrogens (primary N) is 1. The standard InChI is InChI=1S/C22H21N5O2/c1-14-12-24-21-19(14)20(25-13-26-21)16-7-5-15(6-8-16)17-3-2-4-18(11-17)27(9-10-28)22(23)29/h2-8,11-13,28H,9-10H2,1H3,(H2,23,29)(H,24,25,26). The lowest BCUT2D eigenvalue weighted by Gasteiger charge is -2.20. The molecule has 4 aromatic rings. The number of aromatic amines is 1. The van der Waals surface area contributed by atoms with Crippen LogP contribution in [-0.4, -0.2) is 39.2 Å². The topological polar surface area (TPSA) is 108 Å². The van der Waals surface area contributed by atoms with Gasteiger partial charge in [-0.2, -0.15) is 0 Å². The molecule has 2 amide bonds. The van der Waals surface area contributed by atoms with E-state index in [0.29, 0.717) is 5.69 Å². The summed E-state index contributed by atoms with van der Waals surface area (Å²) < 4.78 is 0. The van der Waals surface area contributed by atoms with E-state index in [1.165, 1.54) is 4.90 Å². The van der Waals surface area contributed by atoms with Crippen molar-refractivity contribution in [1.82, 2.24) is 15.0 Å². The SMILES string of the molecule is Cc1c[nH]c2ncnc(-c3ccc(-c4cccc(N(CCO)C(N)=O)c4)cc3)c12. The largest absolute Gasteiger partial charge is 0.395 e. The molecule has 0 radical (unpaired) electrons. The third kappa shape index (κ3) is 3.55. The number of nitrogens with one attached hydrogen (secondary N) is 1. The van der Waals surface area contributed by atoms with Gasteiger partial charge in [-0.05, 0) is 35.7 Å². The van der Waals surface area contributed by atoms with Crippen molar-refractivity contribution in [2.75, 3.05) is 18.1 Å². The van der Waals surface area contributed by atoms with Crippen LogP contribution in [0.2, 0.25) is 0 Å². The molecule has 4 rings (SSSR count). The van der Waals surface area contributed by atoms with Crippen molar-refractivity contribution in [2.45, 2.75) is 6.92 Å². The first-order valence-electron chi connectivity index (χ1n) is 9.26. The second-order valence-corrected chi connectivity index (χ2v) is 6.76. The van der Waals surface area contributed by atoms with E-state index < -0.39 is 6.03 Å². The molecule has 0 aliphatic heterocycles. The van der Waals surface area contributed by atoms with Crippen LogP contribution in [0.4, 0.5) is 10.5 Å². The molecule has 0 aliphatic rings. The number of hydrogen-bond acceptors (Lipinski definition) is 4. The van der Waals surface area contributed by atoms with Gasteiger partial charge < -0.3 is 15.8 Å². The molecular weight excluding hydrogens is 366 g/mol. The Hall–Kier alpha value is -3.71. The van der Waals surface area contributed by atoms with E-state index in [1.54, 1.807) is 12.4 Å². The number of aliphatic hydroxyl groups is 1. The number of primary amides is 1. The van der Waals surface area contributed by atoms with Gasteiger partial charge in [-0.15, -0.1) is 0 Å². The Kier molecular flexibility index (Phi) is 4.97. The average molecular weight is 387 g/mol. The second-order valence-electron chi connectivity index (χ2n) is 6.76. The Morgan fingerprint density at radius 3 is 2.59 bits per heavy atom. The van der Waals surface area contributed by atoms with Crippen molar-refractivity contribution < 1.29 is 9.90 Å². The molecule has 0 unspecified atom stereocenters. The van der Waals surface area contributed by atoms with Crippen molar-refractivity contribution in [3.63, 3.8) is 0 Å². The minimum atomic E-state index is -0.596. The van der Waals surface area contributed by atoms with Crippen LogP contribution in [0.3, 0.4) is 0 Å². The Labute approximate surface area is 167 Å². The van der Waals surface area contributed by atoms with Crippen LogP contribution in [0.1, 0.15) is 5.56 Å². The maximum absolute atomic E-state index is 11.7. The van der Waals surface area contributed by atoms with Gasteiger partial charge in [-0.25, -0.2) is 14.8 Å². The normalized spacial score (nSPS) is 11.0. The zero-order valence-electron chi connectivity index (χ0n) is 16.0. The highest BCUT2D eigenvalue weighted by Crippen LogP contribution is 2.30. The minimum absolute atomic E-state index is 0.150. The number of carbonyl (C=O) groups excluding carboxylic acids is 1. The van der Waals surface area contributed by atoms with E-state index in [9.17, 15) is 9.90 Å². The molecule has 2 aromatic carbocycles. The minimum Gasteiger partial charge on any atom is -0.395 e. The lowest BCUT2D eigenvalue weighted by atomic mass is 10.0. The Balaban J connectivity index is 1.69. The van der Waals surface area contributed by atoms with Crippen molar-refractivity contribution in [3.05, 3.63) is 66.6 Å². The summed E-state index contributed by atoms with van der Waals surface area (Å²) in [5.74, 6) is 0. The lowest BCUT2D eigenvalue weighted by Crippen LogP contribution is -2.37. The van der Waals surface area contributed by atoms with Gasteiger partial charge in [-0.1, -0.05) is 36.4 Å². The molecule has 146 valence electrons. The van der Waals surface area contributed by atoms with Crippen LogP contribution in [0.5, 0.6) is 0 Å². The molecule has 0 spiro atoms. The Bertz CT molecular complexity index is 1170. The maximum atomic E-state index is 11.7. The molecule has 4 N–H and O–H groups in total. The van der Waals surface area contributed by atoms with Crippen molar-refractivity contribution >= 4 is 22.8 Å². The molecule has 0 aliphatic carbocycles. The van der Waals surface area contributed by atoms with Crippen LogP contribution in [0.25, 0.3) is 33.4 Å². The highest BCUT2D eigenvalue weighted by Gasteiger charge is 2.13. The molecule has 2 aromatic heterocycles. The third-order valence-corrected chi connectivity index (χ3v) is 4.91. The molecule has 2 heterocycles. The fourth-order valence-corrected chi connectivity index (χ4v) is 3.48. The summed E-state index contributed by atoms with van der Waals surface area (Å²) in [6.07, 6.45) is 3.49. The van der Waals surface area contributed by atoms with Gasteiger partial charge in [0.05, 0.1) is 18.8 Å². The van der Waals surface area contributed by atoms with Gasteiger partial charge in [0.1, 0.15) is 12.0 Å². The average Bonchev–Trinajstić information content (AvgIpc) is 3.13. The highest BCUT2D eigenvalue weighted by molar-refractivity contribution is 5.94. The number of carbonyl (C=O) groups is 1. The number of rotatable bonds is 5. The third-order valence-electron chi connectivity index (χ3n) is 4.91. The van der Waals surface area contributed by atoms with Crippen molar-refractivity contribution in [3.8, 4) is 22.4 Å². The van der Waals surface area contributed by atoms with Gasteiger partial charge in [0.2, 0.25) is 0 Å². The molecule has 0 fully saturated rings. The number of amides is 2. The smallest absolute Gasteiger partial charge is 0.319 e. The number of urea groups is 1. The maximum Gasteiger partial charge on any atom is 0.319 e. The number of anilines is 1. The number of fused-ring (bicyclic) bond motifs is 1. The van der Waals surface area contributed by atoms with E-state index in [0.717, 1.165) is 39.0 Å². The first-order valence-corrected chi connectivity index (χ1v) is 9.26. The van der Waals surface area contributed by atoms with Gasteiger partial charge in [0, 0.05) is 22.8 Å². The van der Waals surface area contributed by atoms with Crippen LogP contribution >= 0.6 is 0 Å². The highest BCUT2D eigenvalue weighted by atomic mass is 16.3. The zero-order valence-corrected chi connectivity index (χ0v) is 16.0. The molecular formula is C22H21N5O2. The number of aliphatic hydroxyl groups excluding tert-OH is 1. The predicted octanol–water partition coefficient (Wildman–Crippen LogP) is 3.48. The number of H-pyrrole nitrogens is 1. The van der Waals surface area contributed by atoms with Crippen molar-refractivity contribution in [1.29, 1.82) is 0 Å². The number of hydrogen-bond donors (Lipinski definition) is 3. The molecule has 7 nitrogen and oxygen atoms in total. The summed E-state index contributed by atoms with van der Waals surface area (Å²) in [5, 5.41) is 10.2.